The Morgan fingerprint density at radius 1 is 0.971 bits per heavy atom. The van der Waals surface area contributed by atoms with Crippen LogP contribution in [0.4, 0.5) is 11.5 Å². The second-order valence-electron chi connectivity index (χ2n) is 8.30. The minimum atomic E-state index is -0.325. The normalized spacial score (nSPS) is 11.1. The number of aromatic nitrogens is 3. The third-order valence-corrected chi connectivity index (χ3v) is 6.10. The van der Waals surface area contributed by atoms with Crippen molar-refractivity contribution in [3.05, 3.63) is 89.0 Å². The lowest BCUT2D eigenvalue weighted by Crippen LogP contribution is -2.15. The molecule has 2 aromatic heterocycles. The monoisotopic (exact) mass is 451 g/mol. The molecule has 5 rings (SSSR count). The second kappa shape index (κ2) is 8.51. The van der Waals surface area contributed by atoms with E-state index in [1.165, 1.54) is 0 Å². The van der Waals surface area contributed by atoms with Crippen molar-refractivity contribution in [1.82, 2.24) is 14.5 Å². The summed E-state index contributed by atoms with van der Waals surface area (Å²) < 4.78 is 7.35. The SMILES string of the molecule is COc1ccccc1Cn1c(N)c(C(=O)Nc2ccc(C)c(C)c2)c2nc3ccccc3nc21. The summed E-state index contributed by atoms with van der Waals surface area (Å²) >= 11 is 0. The van der Waals surface area contributed by atoms with Crippen molar-refractivity contribution in [3.63, 3.8) is 0 Å². The van der Waals surface area contributed by atoms with E-state index in [1.54, 1.807) is 7.11 Å². The Hall–Kier alpha value is -4.39. The van der Waals surface area contributed by atoms with Gasteiger partial charge in [-0.15, -0.1) is 0 Å². The van der Waals surface area contributed by atoms with Crippen LogP contribution in [0.5, 0.6) is 5.75 Å². The van der Waals surface area contributed by atoms with Gasteiger partial charge in [0.05, 0.1) is 24.7 Å². The van der Waals surface area contributed by atoms with Gasteiger partial charge in [0, 0.05) is 11.3 Å². The van der Waals surface area contributed by atoms with E-state index in [0.29, 0.717) is 40.3 Å². The molecule has 0 aliphatic rings. The first-order valence-electron chi connectivity index (χ1n) is 11.0. The molecule has 7 heteroatoms. The van der Waals surface area contributed by atoms with E-state index in [2.05, 4.69) is 5.32 Å². The van der Waals surface area contributed by atoms with Gasteiger partial charge in [-0.2, -0.15) is 0 Å². The molecule has 7 nitrogen and oxygen atoms in total. The number of benzene rings is 3. The van der Waals surface area contributed by atoms with E-state index in [4.69, 9.17) is 20.4 Å². The van der Waals surface area contributed by atoms with Crippen LogP contribution in [0, 0.1) is 13.8 Å². The van der Waals surface area contributed by atoms with Crippen molar-refractivity contribution < 1.29 is 9.53 Å². The number of methoxy groups -OCH3 is 1. The van der Waals surface area contributed by atoms with E-state index in [1.807, 2.05) is 85.1 Å². The Morgan fingerprint density at radius 3 is 2.41 bits per heavy atom. The van der Waals surface area contributed by atoms with Crippen LogP contribution in [0.25, 0.3) is 22.2 Å². The number of nitrogens with one attached hydrogen (secondary N) is 1. The van der Waals surface area contributed by atoms with Gasteiger partial charge in [-0.3, -0.25) is 4.79 Å². The maximum Gasteiger partial charge on any atom is 0.261 e. The minimum absolute atomic E-state index is 0.303. The van der Waals surface area contributed by atoms with Gasteiger partial charge in [0.25, 0.3) is 5.91 Å². The maximum absolute atomic E-state index is 13.5. The number of carbonyl (C=O) groups is 1. The predicted molar refractivity (Wildman–Crippen MR) is 135 cm³/mol. The van der Waals surface area contributed by atoms with Gasteiger partial charge < -0.3 is 20.4 Å². The number of para-hydroxylation sites is 3. The van der Waals surface area contributed by atoms with E-state index in [9.17, 15) is 4.79 Å². The number of nitrogen functional groups attached to an aromatic ring is 1. The number of aryl methyl sites for hydroxylation is 2. The van der Waals surface area contributed by atoms with Gasteiger partial charge in [0.2, 0.25) is 0 Å². The Morgan fingerprint density at radius 2 is 1.68 bits per heavy atom. The summed E-state index contributed by atoms with van der Waals surface area (Å²) in [6, 6.07) is 21.1. The molecule has 0 bridgehead atoms. The number of nitrogens with two attached hydrogens (primary N) is 1. The standard InChI is InChI=1S/C27H25N5O2/c1-16-12-13-19(14-17(16)2)29-27(33)23-24-26(31-21-10-6-5-9-20(21)30-24)32(25(23)28)15-18-8-4-7-11-22(18)34-3/h4-14H,15,28H2,1-3H3,(H,29,33). The molecule has 0 fully saturated rings. The molecule has 0 unspecified atom stereocenters. The van der Waals surface area contributed by atoms with Gasteiger partial charge in [-0.1, -0.05) is 36.4 Å². The topological polar surface area (TPSA) is 95.1 Å². The highest BCUT2D eigenvalue weighted by molar-refractivity contribution is 6.16. The van der Waals surface area contributed by atoms with Crippen molar-refractivity contribution in [1.29, 1.82) is 0 Å². The zero-order valence-electron chi connectivity index (χ0n) is 19.3. The van der Waals surface area contributed by atoms with Crippen LogP contribution in [0.3, 0.4) is 0 Å². The largest absolute Gasteiger partial charge is 0.496 e. The molecule has 0 aliphatic heterocycles. The van der Waals surface area contributed by atoms with Crippen molar-refractivity contribution >= 4 is 39.6 Å². The van der Waals surface area contributed by atoms with E-state index in [0.717, 1.165) is 28.0 Å². The number of rotatable bonds is 5. The molecule has 3 aromatic carbocycles. The third kappa shape index (κ3) is 3.71. The number of hydrogen-bond acceptors (Lipinski definition) is 5. The summed E-state index contributed by atoms with van der Waals surface area (Å²) in [6.45, 7) is 4.43. The fraction of sp³-hybridized carbons (Fsp3) is 0.148. The smallest absolute Gasteiger partial charge is 0.261 e. The lowest BCUT2D eigenvalue weighted by Gasteiger charge is -2.12. The molecule has 170 valence electrons. The summed E-state index contributed by atoms with van der Waals surface area (Å²) in [5.74, 6) is 0.713. The van der Waals surface area contributed by atoms with Crippen LogP contribution < -0.4 is 15.8 Å². The van der Waals surface area contributed by atoms with Crippen LogP contribution in [-0.4, -0.2) is 27.6 Å². The lowest BCUT2D eigenvalue weighted by molar-refractivity contribution is 0.102. The van der Waals surface area contributed by atoms with Crippen molar-refractivity contribution in [2.75, 3.05) is 18.2 Å². The van der Waals surface area contributed by atoms with Crippen LogP contribution in [0.2, 0.25) is 0 Å². The molecule has 0 aliphatic carbocycles. The fourth-order valence-electron chi connectivity index (χ4n) is 4.12. The summed E-state index contributed by atoms with van der Waals surface area (Å²) in [7, 11) is 1.63. The molecular weight excluding hydrogens is 426 g/mol. The number of fused-ring (bicyclic) bond motifs is 2. The zero-order valence-corrected chi connectivity index (χ0v) is 19.3. The van der Waals surface area contributed by atoms with Gasteiger partial charge in [-0.05, 0) is 55.3 Å². The molecule has 3 N–H and O–H groups in total. The Kier molecular flexibility index (Phi) is 5.37. The Bertz CT molecular complexity index is 1550. The number of carbonyl (C=O) groups excluding carboxylic acids is 1. The Balaban J connectivity index is 1.67. The molecule has 1 amide bonds. The first-order valence-corrected chi connectivity index (χ1v) is 11.0. The Labute approximate surface area is 197 Å². The summed E-state index contributed by atoms with van der Waals surface area (Å²) in [6.07, 6.45) is 0. The van der Waals surface area contributed by atoms with Crippen molar-refractivity contribution in [3.8, 4) is 5.75 Å². The number of ether oxygens (including phenoxy) is 1. The van der Waals surface area contributed by atoms with E-state index >= 15 is 0 Å². The first-order chi connectivity index (χ1) is 16.5. The fourth-order valence-corrected chi connectivity index (χ4v) is 4.12. The first kappa shape index (κ1) is 21.5. The molecule has 0 radical (unpaired) electrons. The summed E-state index contributed by atoms with van der Waals surface area (Å²) in [5, 5.41) is 2.98. The highest BCUT2D eigenvalue weighted by Crippen LogP contribution is 2.31. The highest BCUT2D eigenvalue weighted by Gasteiger charge is 2.25. The van der Waals surface area contributed by atoms with Crippen LogP contribution in [-0.2, 0) is 6.54 Å². The maximum atomic E-state index is 13.5. The molecule has 0 spiro atoms. The average molecular weight is 452 g/mol. The van der Waals surface area contributed by atoms with Gasteiger partial charge >= 0.3 is 0 Å². The van der Waals surface area contributed by atoms with Crippen LogP contribution in [0.15, 0.2) is 66.7 Å². The lowest BCUT2D eigenvalue weighted by atomic mass is 10.1. The molecular formula is C27H25N5O2. The number of hydrogen-bond donors (Lipinski definition) is 2. The molecule has 0 atom stereocenters. The molecule has 2 heterocycles. The quantitative estimate of drug-likeness (QED) is 0.388. The van der Waals surface area contributed by atoms with Gasteiger partial charge in [0.1, 0.15) is 22.6 Å². The number of nitrogens with zero attached hydrogens (tertiary/aromatic N) is 3. The van der Waals surface area contributed by atoms with Gasteiger partial charge in [0.15, 0.2) is 5.65 Å². The molecule has 0 saturated heterocycles. The van der Waals surface area contributed by atoms with E-state index in [-0.39, 0.29) is 5.91 Å². The molecule has 5 aromatic rings. The minimum Gasteiger partial charge on any atom is -0.496 e. The number of anilines is 2. The van der Waals surface area contributed by atoms with E-state index < -0.39 is 0 Å². The number of amides is 1. The van der Waals surface area contributed by atoms with Crippen LogP contribution >= 0.6 is 0 Å². The molecule has 0 saturated carbocycles. The van der Waals surface area contributed by atoms with Crippen molar-refractivity contribution in [2.45, 2.75) is 20.4 Å². The summed E-state index contributed by atoms with van der Waals surface area (Å²) in [4.78, 5) is 23.1. The predicted octanol–water partition coefficient (Wildman–Crippen LogP) is 5.09. The molecule has 34 heavy (non-hydrogen) atoms. The van der Waals surface area contributed by atoms with Gasteiger partial charge in [-0.25, -0.2) is 9.97 Å². The van der Waals surface area contributed by atoms with Crippen LogP contribution in [0.1, 0.15) is 27.0 Å². The van der Waals surface area contributed by atoms with Crippen molar-refractivity contribution in [2.24, 2.45) is 0 Å². The second-order valence-corrected chi connectivity index (χ2v) is 8.30. The highest BCUT2D eigenvalue weighted by atomic mass is 16.5. The zero-order chi connectivity index (χ0) is 23.8. The third-order valence-electron chi connectivity index (χ3n) is 6.10. The average Bonchev–Trinajstić information content (AvgIpc) is 3.10. The summed E-state index contributed by atoms with van der Waals surface area (Å²) in [5.41, 5.74) is 13.2.